The minimum atomic E-state index is 0.721. The van der Waals surface area contributed by atoms with Crippen LogP contribution in [-0.2, 0) is 4.74 Å². The average molecular weight is 374 g/mol. The number of fused-ring (bicyclic) bond motifs is 1. The number of aromatic nitrogens is 5. The average Bonchev–Trinajstić information content (AvgIpc) is 3.36. The van der Waals surface area contributed by atoms with Gasteiger partial charge in [0.2, 0.25) is 0 Å². The van der Waals surface area contributed by atoms with E-state index < -0.39 is 0 Å². The number of nitrogens with zero attached hydrogens (tertiary/aromatic N) is 6. The summed E-state index contributed by atoms with van der Waals surface area (Å²) < 4.78 is 9.26. The lowest BCUT2D eigenvalue weighted by molar-refractivity contribution is 0.122. The van der Waals surface area contributed by atoms with Gasteiger partial charge < -0.3 is 9.64 Å². The first-order valence-corrected chi connectivity index (χ1v) is 9.50. The number of benzene rings is 1. The van der Waals surface area contributed by atoms with Gasteiger partial charge in [-0.2, -0.15) is 14.7 Å². The quantitative estimate of drug-likeness (QED) is 0.552. The second-order valence-corrected chi connectivity index (χ2v) is 7.15. The first-order valence-electron chi connectivity index (χ1n) is 9.50. The molecule has 7 heteroatoms. The molecule has 0 saturated carbocycles. The van der Waals surface area contributed by atoms with Gasteiger partial charge in [-0.05, 0) is 26.0 Å². The summed E-state index contributed by atoms with van der Waals surface area (Å²) in [6.07, 6.45) is 3.82. The van der Waals surface area contributed by atoms with Gasteiger partial charge in [0.05, 0.1) is 25.1 Å². The van der Waals surface area contributed by atoms with Crippen molar-refractivity contribution in [3.05, 3.63) is 59.9 Å². The van der Waals surface area contributed by atoms with Crippen molar-refractivity contribution in [2.75, 3.05) is 31.2 Å². The normalized spacial score (nSPS) is 14.7. The van der Waals surface area contributed by atoms with Crippen LogP contribution in [0.5, 0.6) is 0 Å². The Morgan fingerprint density at radius 2 is 1.89 bits per heavy atom. The predicted octanol–water partition coefficient (Wildman–Crippen LogP) is 3.04. The molecule has 7 nitrogen and oxygen atoms in total. The van der Waals surface area contributed by atoms with E-state index in [0.29, 0.717) is 0 Å². The number of anilines is 1. The molecule has 4 heterocycles. The third-order valence-electron chi connectivity index (χ3n) is 5.09. The topological polar surface area (TPSA) is 60.5 Å². The van der Waals surface area contributed by atoms with Crippen molar-refractivity contribution in [1.29, 1.82) is 0 Å². The van der Waals surface area contributed by atoms with E-state index in [9.17, 15) is 0 Å². The van der Waals surface area contributed by atoms with E-state index in [0.717, 1.165) is 60.4 Å². The Morgan fingerprint density at radius 1 is 1.04 bits per heavy atom. The van der Waals surface area contributed by atoms with Gasteiger partial charge in [0.1, 0.15) is 5.82 Å². The molecule has 0 aliphatic carbocycles. The molecule has 0 N–H and O–H groups in total. The fourth-order valence-corrected chi connectivity index (χ4v) is 3.59. The van der Waals surface area contributed by atoms with Crippen molar-refractivity contribution in [1.82, 2.24) is 24.4 Å². The highest BCUT2D eigenvalue weighted by Gasteiger charge is 2.18. The summed E-state index contributed by atoms with van der Waals surface area (Å²) in [5.74, 6) is 1.81. The first kappa shape index (κ1) is 16.9. The largest absolute Gasteiger partial charge is 0.378 e. The van der Waals surface area contributed by atoms with E-state index in [2.05, 4.69) is 47.3 Å². The highest BCUT2D eigenvalue weighted by molar-refractivity contribution is 5.61. The van der Waals surface area contributed by atoms with E-state index in [4.69, 9.17) is 14.8 Å². The second kappa shape index (κ2) is 6.76. The molecule has 0 radical (unpaired) electrons. The summed E-state index contributed by atoms with van der Waals surface area (Å²) >= 11 is 0. The molecule has 1 saturated heterocycles. The first-order chi connectivity index (χ1) is 13.7. The lowest BCUT2D eigenvalue weighted by Gasteiger charge is -2.29. The summed E-state index contributed by atoms with van der Waals surface area (Å²) in [5, 5.41) is 9.31. The molecule has 3 aromatic heterocycles. The van der Waals surface area contributed by atoms with E-state index >= 15 is 0 Å². The molecule has 0 bridgehead atoms. The third kappa shape index (κ3) is 2.93. The van der Waals surface area contributed by atoms with Crippen LogP contribution in [0.4, 0.5) is 5.82 Å². The fraction of sp³-hybridized carbons (Fsp3) is 0.286. The zero-order valence-electron chi connectivity index (χ0n) is 16.0. The van der Waals surface area contributed by atoms with Crippen LogP contribution in [0.15, 0.2) is 48.8 Å². The molecule has 5 rings (SSSR count). The molecule has 1 aromatic carbocycles. The van der Waals surface area contributed by atoms with Gasteiger partial charge in [-0.1, -0.05) is 23.8 Å². The fourth-order valence-electron chi connectivity index (χ4n) is 3.59. The molecule has 0 atom stereocenters. The van der Waals surface area contributed by atoms with Crippen LogP contribution in [0.3, 0.4) is 0 Å². The smallest absolute Gasteiger partial charge is 0.162 e. The van der Waals surface area contributed by atoms with Crippen LogP contribution >= 0.6 is 0 Å². The van der Waals surface area contributed by atoms with Crippen molar-refractivity contribution in [2.45, 2.75) is 13.8 Å². The zero-order chi connectivity index (χ0) is 19.1. The molecular formula is C21H22N6O. The Morgan fingerprint density at radius 3 is 2.71 bits per heavy atom. The third-order valence-corrected chi connectivity index (χ3v) is 5.09. The summed E-state index contributed by atoms with van der Waals surface area (Å²) in [5.41, 5.74) is 5.15. The Labute approximate surface area is 163 Å². The number of hydrogen-bond donors (Lipinski definition) is 0. The van der Waals surface area contributed by atoms with E-state index in [1.807, 2.05) is 34.6 Å². The molecule has 0 spiro atoms. The van der Waals surface area contributed by atoms with Crippen LogP contribution < -0.4 is 4.90 Å². The molecular weight excluding hydrogens is 352 g/mol. The molecule has 0 amide bonds. The van der Waals surface area contributed by atoms with Gasteiger partial charge in [0.15, 0.2) is 11.5 Å². The molecule has 0 unspecified atom stereocenters. The molecule has 1 aliphatic heterocycles. The van der Waals surface area contributed by atoms with Crippen molar-refractivity contribution in [3.63, 3.8) is 0 Å². The van der Waals surface area contributed by atoms with E-state index in [-0.39, 0.29) is 0 Å². The lowest BCUT2D eigenvalue weighted by atomic mass is 10.1. The Hall–Kier alpha value is -3.19. The number of rotatable bonds is 3. The Bertz CT molecular complexity index is 1140. The standard InChI is InChI=1S/C21H22N6O/c1-15-4-3-5-17(12-15)18-6-7-26(24-18)19-13-20(25-8-10-28-11-9-25)27-21(23-19)16(2)14-22-27/h3-7,12-14H,8-11H2,1-2H3. The Balaban J connectivity index is 1.60. The van der Waals surface area contributed by atoms with Gasteiger partial charge in [0, 0.05) is 36.5 Å². The minimum Gasteiger partial charge on any atom is -0.378 e. The van der Waals surface area contributed by atoms with Crippen LogP contribution in [0.25, 0.3) is 22.7 Å². The highest BCUT2D eigenvalue weighted by Crippen LogP contribution is 2.24. The number of aryl methyl sites for hydroxylation is 2. The number of morpholine rings is 1. The highest BCUT2D eigenvalue weighted by atomic mass is 16.5. The van der Waals surface area contributed by atoms with Crippen LogP contribution in [-0.4, -0.2) is 50.7 Å². The van der Waals surface area contributed by atoms with E-state index in [1.54, 1.807) is 0 Å². The maximum atomic E-state index is 5.51. The second-order valence-electron chi connectivity index (χ2n) is 7.15. The molecule has 142 valence electrons. The maximum Gasteiger partial charge on any atom is 0.162 e. The number of hydrogen-bond acceptors (Lipinski definition) is 5. The van der Waals surface area contributed by atoms with E-state index in [1.165, 1.54) is 5.56 Å². The summed E-state index contributed by atoms with van der Waals surface area (Å²) in [6, 6.07) is 12.4. The summed E-state index contributed by atoms with van der Waals surface area (Å²) in [7, 11) is 0. The minimum absolute atomic E-state index is 0.721. The summed E-state index contributed by atoms with van der Waals surface area (Å²) in [4.78, 5) is 7.12. The van der Waals surface area contributed by atoms with Gasteiger partial charge in [-0.15, -0.1) is 0 Å². The van der Waals surface area contributed by atoms with Gasteiger partial charge in [-0.25, -0.2) is 9.67 Å². The molecule has 1 aliphatic rings. The molecule has 4 aromatic rings. The maximum absolute atomic E-state index is 5.51. The van der Waals surface area contributed by atoms with Gasteiger partial charge >= 0.3 is 0 Å². The predicted molar refractivity (Wildman–Crippen MR) is 108 cm³/mol. The van der Waals surface area contributed by atoms with Crippen molar-refractivity contribution in [3.8, 4) is 17.1 Å². The monoisotopic (exact) mass is 374 g/mol. The zero-order valence-corrected chi connectivity index (χ0v) is 16.0. The van der Waals surface area contributed by atoms with Crippen LogP contribution in [0, 0.1) is 13.8 Å². The SMILES string of the molecule is Cc1cccc(-c2ccn(-c3cc(N4CCOCC4)n4ncc(C)c4n3)n2)c1. The van der Waals surface area contributed by atoms with Crippen molar-refractivity contribution >= 4 is 11.5 Å². The lowest BCUT2D eigenvalue weighted by Crippen LogP contribution is -2.37. The van der Waals surface area contributed by atoms with Crippen molar-refractivity contribution < 1.29 is 4.74 Å². The van der Waals surface area contributed by atoms with Gasteiger partial charge in [-0.3, -0.25) is 0 Å². The number of ether oxygens (including phenoxy) is 1. The van der Waals surface area contributed by atoms with Crippen LogP contribution in [0.2, 0.25) is 0 Å². The molecule has 1 fully saturated rings. The summed E-state index contributed by atoms with van der Waals surface area (Å²) in [6.45, 7) is 7.24. The Kier molecular flexibility index (Phi) is 4.09. The van der Waals surface area contributed by atoms with Gasteiger partial charge in [0.25, 0.3) is 0 Å². The molecule has 28 heavy (non-hydrogen) atoms. The van der Waals surface area contributed by atoms with Crippen molar-refractivity contribution in [2.24, 2.45) is 0 Å². The van der Waals surface area contributed by atoms with Crippen LogP contribution in [0.1, 0.15) is 11.1 Å².